The molecule has 0 bridgehead atoms. The lowest BCUT2D eigenvalue weighted by molar-refractivity contribution is -0.146. The molecule has 644 valence electrons. The van der Waals surface area contributed by atoms with Crippen LogP contribution in [0.1, 0.15) is 112 Å². The van der Waals surface area contributed by atoms with Gasteiger partial charge in [-0.15, -0.1) is 68.9 Å². The van der Waals surface area contributed by atoms with E-state index < -0.39 is 57.9 Å². The van der Waals surface area contributed by atoms with E-state index in [0.717, 1.165) is 33.3 Å². The summed E-state index contributed by atoms with van der Waals surface area (Å²) in [5.41, 5.74) is 11.1. The van der Waals surface area contributed by atoms with E-state index in [2.05, 4.69) is 156 Å². The van der Waals surface area contributed by atoms with E-state index in [4.69, 9.17) is 118 Å². The number of esters is 1. The number of anilines is 2. The van der Waals surface area contributed by atoms with Gasteiger partial charge in [0.25, 0.3) is 0 Å². The molecule has 0 heterocycles. The molecule has 0 saturated carbocycles. The van der Waals surface area contributed by atoms with Crippen molar-refractivity contribution in [2.24, 2.45) is 0 Å². The Labute approximate surface area is 737 Å². The Kier molecular flexibility index (Phi) is 62.2. The lowest BCUT2D eigenvalue weighted by Crippen LogP contribution is -2.43. The van der Waals surface area contributed by atoms with Gasteiger partial charge in [0.2, 0.25) is 0 Å². The smallest absolute Gasteiger partial charge is 0.381 e. The predicted octanol–water partition coefficient (Wildman–Crippen LogP) is 16.8. The number of phenolic OH excluding ortho intramolecular Hbond substituents is 3. The van der Waals surface area contributed by atoms with Crippen LogP contribution in [0.5, 0.6) is 28.7 Å². The highest BCUT2D eigenvalue weighted by Gasteiger charge is 2.42. The molecule has 6 aromatic carbocycles. The third-order valence-electron chi connectivity index (χ3n) is 16.0. The lowest BCUT2D eigenvalue weighted by Gasteiger charge is -2.37. The van der Waals surface area contributed by atoms with Crippen molar-refractivity contribution in [1.82, 2.24) is 0 Å². The van der Waals surface area contributed by atoms with E-state index in [9.17, 15) is 33.6 Å². The zero-order chi connectivity index (χ0) is 93.1. The van der Waals surface area contributed by atoms with Crippen molar-refractivity contribution in [3.63, 3.8) is 0 Å². The number of nitrogens with zero attached hydrogens (tertiary/aromatic N) is 2. The Balaban J connectivity index is -0.00000131. The molecule has 0 aliphatic rings. The molecule has 0 radical (unpaired) electrons. The Morgan fingerprint density at radius 2 is 0.795 bits per heavy atom. The van der Waals surface area contributed by atoms with Gasteiger partial charge in [-0.1, -0.05) is 184 Å². The maximum atomic E-state index is 10.7. The Bertz CT molecular complexity index is 4640. The highest BCUT2D eigenvalue weighted by Crippen LogP contribution is 2.41. The average Bonchev–Trinajstić information content (AvgIpc) is 0.805. The van der Waals surface area contributed by atoms with Gasteiger partial charge in [0.15, 0.2) is 6.61 Å². The second-order valence-electron chi connectivity index (χ2n) is 26.7. The van der Waals surface area contributed by atoms with E-state index in [1.165, 1.54) is 24.3 Å². The number of carbonyl (C=O) groups is 7. The number of rotatable bonds is 30. The van der Waals surface area contributed by atoms with E-state index in [1.807, 2.05) is 34.1 Å². The first-order valence-electron chi connectivity index (χ1n) is 36.7. The molecule has 0 saturated heterocycles. The lowest BCUT2D eigenvalue weighted by atomic mass is 10.1. The zero-order valence-electron chi connectivity index (χ0n) is 70.2. The Morgan fingerprint density at radius 3 is 1.15 bits per heavy atom. The number of terminal acetylenes is 9. The van der Waals surface area contributed by atoms with Crippen LogP contribution in [0.4, 0.5) is 11.4 Å². The normalized spacial score (nSPS) is 9.61. The standard InChI is InChI=1S/C13H11NO2.C12H11NO.C12H22O2Si.C11H12O2S2.C11H10O2S2.C10H8O3.C9H16O2Si.C9H8O2.C7H8O4/c1-3-9-14(10-4-2)12-7-5-11(6-8-12)13(15)16;1-3-9-13(10-4-2)11-5-7-12(14)8-6-11;1-9(2)15(10(3)4,11(5)6)8-7-12(13)14;1-2-7-13-8-9-14-15-11-5-3-10(12)4-6-11;1-2-7-14-15-8-9-3-5-10(6-4-9)11(12)13;1-2-7-13-9-5-3-8(4-6-9)10(11)12;1-9(2,3)12(4,5)7-6-8(10)11;1-2-7-11-9-5-3-8(10)4-6-9;1-2-5-11-7(10)4-3-6(8)9/h1-2,5-8H,9-10H2,(H,15,16);1-2,5-8,14H,9-10H2;9-11H,1-6H3,(H,13,14);1,3-6,12H,7-9H2;1,3-6H,7-8H2,(H,12,13);1,3-6H,7H2,(H,11,12);1-5H3,(H,10,11);1,3-6,10H,7H2;1H,3-5H2,(H,8,9). The Hall–Kier alpha value is -12.8. The molecular weight excluding hydrogens is 1660 g/mol. The number of aromatic carboxylic acids is 3. The number of aromatic hydroxyl groups is 3. The van der Waals surface area contributed by atoms with Gasteiger partial charge in [-0.3, -0.25) is 9.59 Å². The van der Waals surface area contributed by atoms with Crippen molar-refractivity contribution >= 4 is 112 Å². The molecule has 6 aromatic rings. The van der Waals surface area contributed by atoms with Crippen LogP contribution in [-0.2, 0) is 34.4 Å². The second kappa shape index (κ2) is 67.0. The molecule has 0 amide bonds. The fourth-order valence-electron chi connectivity index (χ4n) is 9.04. The molecule has 28 heteroatoms. The molecule has 122 heavy (non-hydrogen) atoms. The molecule has 0 aliphatic carbocycles. The van der Waals surface area contributed by atoms with Crippen molar-refractivity contribution < 1.29 is 98.5 Å². The van der Waals surface area contributed by atoms with Gasteiger partial charge in [-0.25, -0.2) is 24.0 Å². The number of carbonyl (C=O) groups excluding carboxylic acids is 1. The van der Waals surface area contributed by atoms with Crippen molar-refractivity contribution in [3.05, 3.63) is 168 Å². The molecular formula is C94H106N2O20S4Si2. The van der Waals surface area contributed by atoms with Gasteiger partial charge in [-0.05, 0) is 161 Å². The molecule has 0 atom stereocenters. The van der Waals surface area contributed by atoms with Gasteiger partial charge in [0.05, 0.1) is 68.1 Å². The van der Waals surface area contributed by atoms with Crippen LogP contribution in [0.3, 0.4) is 0 Å². The first-order valence-corrected chi connectivity index (χ1v) is 46.8. The van der Waals surface area contributed by atoms with Crippen molar-refractivity contribution in [1.29, 1.82) is 0 Å². The highest BCUT2D eigenvalue weighted by atomic mass is 33.1. The molecule has 0 spiro atoms. The van der Waals surface area contributed by atoms with Crippen LogP contribution in [0.15, 0.2) is 150 Å². The van der Waals surface area contributed by atoms with Gasteiger partial charge >= 0.3 is 41.8 Å². The molecule has 9 N–H and O–H groups in total. The minimum Gasteiger partial charge on any atom is -0.508 e. The maximum Gasteiger partial charge on any atom is 0.381 e. The number of phenols is 3. The molecule has 0 aliphatic heterocycles. The number of hydrogen-bond donors (Lipinski definition) is 9. The number of benzene rings is 6. The van der Waals surface area contributed by atoms with Crippen LogP contribution in [0.25, 0.3) is 0 Å². The summed E-state index contributed by atoms with van der Waals surface area (Å²) in [7, 11) is 3.12. The minimum absolute atomic E-state index is 0.0988. The summed E-state index contributed by atoms with van der Waals surface area (Å²) >= 11 is 0. The molecule has 0 unspecified atom stereocenters. The molecule has 22 nitrogen and oxygen atoms in total. The summed E-state index contributed by atoms with van der Waals surface area (Å²) < 4.78 is 19.7. The van der Waals surface area contributed by atoms with Gasteiger partial charge < -0.3 is 74.7 Å². The number of aliphatic carboxylic acids is 3. The van der Waals surface area contributed by atoms with E-state index >= 15 is 0 Å². The van der Waals surface area contributed by atoms with Gasteiger partial charge in [0, 0.05) is 39.6 Å². The first-order chi connectivity index (χ1) is 57.7. The molecule has 0 aromatic heterocycles. The predicted molar refractivity (Wildman–Crippen MR) is 499 cm³/mol. The third-order valence-corrected chi connectivity index (χ3v) is 31.3. The van der Waals surface area contributed by atoms with Crippen molar-refractivity contribution in [2.75, 3.05) is 80.5 Å². The van der Waals surface area contributed by atoms with Crippen LogP contribution < -0.4 is 19.3 Å². The van der Waals surface area contributed by atoms with Crippen LogP contribution >= 0.6 is 43.2 Å². The monoisotopic (exact) mass is 1770 g/mol. The highest BCUT2D eigenvalue weighted by molar-refractivity contribution is 8.76. The fourth-order valence-corrected chi connectivity index (χ4v) is 18.5. The number of carboxylic acids is 6. The SMILES string of the molecule is C#CCN(CC#C)c1ccc(C(=O)O)cc1.C#CCN(CC#C)c1ccc(O)cc1.C#CCOC(=O)CCC(=O)O.C#CCOCCSSc1ccc(O)cc1.C#CCOc1ccc(C(=O)O)cc1.C#CCOc1ccc(O)cc1.C#CCSSCc1ccc(C(=O)O)cc1.CC(C)(C)[Si](C)(C)C#CC(=O)O.CC(C)[Si](C#CC(=O)O)(C(C)C)C(C)C. The van der Waals surface area contributed by atoms with Crippen molar-refractivity contribution in [3.8, 4) is 163 Å². The molecule has 6 rings (SSSR count). The fraction of sp³-hybridized carbons (Fsp3) is 0.309. The molecule has 0 fully saturated rings. The van der Waals surface area contributed by atoms with Gasteiger partial charge in [0.1, 0.15) is 64.7 Å². The second-order valence-corrected chi connectivity index (χ2v) is 42.3. The summed E-state index contributed by atoms with van der Waals surface area (Å²) in [5.74, 6) is 24.3. The quantitative estimate of drug-likeness (QED) is 0.00665. The first kappa shape index (κ1) is 113. The van der Waals surface area contributed by atoms with Gasteiger partial charge in [-0.2, -0.15) is 0 Å². The largest absolute Gasteiger partial charge is 0.508 e. The number of carboxylic acid groups (broad SMARTS) is 6. The zero-order valence-corrected chi connectivity index (χ0v) is 75.5. The Morgan fingerprint density at radius 1 is 0.434 bits per heavy atom. The van der Waals surface area contributed by atoms with E-state index in [0.29, 0.717) is 84.6 Å². The average molecular weight is 1770 g/mol. The third kappa shape index (κ3) is 54.3. The summed E-state index contributed by atoms with van der Waals surface area (Å²) in [6, 6.07) is 39.7. The minimum atomic E-state index is -1.83. The van der Waals surface area contributed by atoms with Crippen LogP contribution in [0.2, 0.25) is 34.8 Å². The summed E-state index contributed by atoms with van der Waals surface area (Å²) in [6.45, 7) is 26.6. The maximum absolute atomic E-state index is 10.7. The van der Waals surface area contributed by atoms with Crippen LogP contribution in [0, 0.1) is 134 Å². The summed E-state index contributed by atoms with van der Waals surface area (Å²) in [5, 5.41) is 78.4. The van der Waals surface area contributed by atoms with Crippen molar-refractivity contribution in [2.45, 2.75) is 121 Å². The van der Waals surface area contributed by atoms with E-state index in [1.54, 1.807) is 140 Å². The topological polar surface area (TPSA) is 345 Å². The van der Waals surface area contributed by atoms with E-state index in [-0.39, 0.29) is 60.3 Å². The number of hydrogen-bond acceptors (Lipinski definition) is 20. The summed E-state index contributed by atoms with van der Waals surface area (Å²) in [4.78, 5) is 77.7. The summed E-state index contributed by atoms with van der Waals surface area (Å²) in [6.07, 6.45) is 45.4. The number of ether oxygens (including phenoxy) is 4. The van der Waals surface area contributed by atoms with Crippen LogP contribution in [-0.4, -0.2) is 175 Å².